The Hall–Kier alpha value is -1.47. The van der Waals surface area contributed by atoms with Crippen LogP contribution in [0.15, 0.2) is 6.33 Å². The lowest BCUT2D eigenvalue weighted by Gasteiger charge is -2.32. The van der Waals surface area contributed by atoms with E-state index in [0.717, 1.165) is 58.2 Å². The molecule has 2 aliphatic heterocycles. The molecule has 1 amide bonds. The van der Waals surface area contributed by atoms with Crippen LogP contribution in [-0.4, -0.2) is 52.5 Å². The van der Waals surface area contributed by atoms with Crippen molar-refractivity contribution < 1.29 is 9.53 Å². The van der Waals surface area contributed by atoms with Gasteiger partial charge in [-0.2, -0.15) is 0 Å². The summed E-state index contributed by atoms with van der Waals surface area (Å²) in [6, 6.07) is 0.507. The van der Waals surface area contributed by atoms with Crippen molar-refractivity contribution in [2.75, 3.05) is 19.7 Å². The molecule has 0 bridgehead atoms. The van der Waals surface area contributed by atoms with Gasteiger partial charge in [0.15, 0.2) is 0 Å². The zero-order chi connectivity index (χ0) is 15.6. The molecule has 4 rings (SSSR count). The standard InChI is InChI=1S/C16H25N5O2/c22-16(19-13-4-1-5-14-12(13)6-8-23-14)15-18-10-21(20-15)11-3-2-7-17-9-11/h10-14,17H,1-9H2,(H,19,22)/t11-,12+,13-,14+/m1/s1. The van der Waals surface area contributed by atoms with E-state index in [4.69, 9.17) is 4.74 Å². The van der Waals surface area contributed by atoms with E-state index in [1.54, 1.807) is 6.33 Å². The van der Waals surface area contributed by atoms with E-state index >= 15 is 0 Å². The minimum atomic E-state index is -0.148. The van der Waals surface area contributed by atoms with Crippen LogP contribution in [0, 0.1) is 5.92 Å². The Labute approximate surface area is 136 Å². The second kappa shape index (κ2) is 6.57. The summed E-state index contributed by atoms with van der Waals surface area (Å²) in [7, 11) is 0. The van der Waals surface area contributed by atoms with E-state index in [2.05, 4.69) is 20.7 Å². The molecule has 2 saturated heterocycles. The maximum Gasteiger partial charge on any atom is 0.291 e. The highest BCUT2D eigenvalue weighted by atomic mass is 16.5. The van der Waals surface area contributed by atoms with Gasteiger partial charge in [-0.1, -0.05) is 0 Å². The van der Waals surface area contributed by atoms with Crippen molar-refractivity contribution in [2.24, 2.45) is 5.92 Å². The molecular weight excluding hydrogens is 294 g/mol. The van der Waals surface area contributed by atoms with Gasteiger partial charge in [-0.05, 0) is 45.1 Å². The van der Waals surface area contributed by atoms with Crippen LogP contribution in [0.25, 0.3) is 0 Å². The highest BCUT2D eigenvalue weighted by molar-refractivity contribution is 5.90. The zero-order valence-corrected chi connectivity index (χ0v) is 13.4. The Morgan fingerprint density at radius 2 is 2.26 bits per heavy atom. The number of carbonyl (C=O) groups is 1. The van der Waals surface area contributed by atoms with Gasteiger partial charge >= 0.3 is 0 Å². The molecule has 0 spiro atoms. The smallest absolute Gasteiger partial charge is 0.291 e. The van der Waals surface area contributed by atoms with E-state index in [1.165, 1.54) is 0 Å². The number of rotatable bonds is 3. The van der Waals surface area contributed by atoms with Crippen molar-refractivity contribution in [1.29, 1.82) is 0 Å². The lowest BCUT2D eigenvalue weighted by Crippen LogP contribution is -2.46. The summed E-state index contributed by atoms with van der Waals surface area (Å²) in [5.41, 5.74) is 0. The molecular formula is C16H25N5O2. The molecule has 1 saturated carbocycles. The Morgan fingerprint density at radius 1 is 1.30 bits per heavy atom. The first kappa shape index (κ1) is 15.1. The minimum absolute atomic E-state index is 0.148. The van der Waals surface area contributed by atoms with E-state index in [1.807, 2.05) is 4.68 Å². The summed E-state index contributed by atoms with van der Waals surface area (Å²) >= 11 is 0. The Morgan fingerprint density at radius 3 is 3.13 bits per heavy atom. The second-order valence-electron chi connectivity index (χ2n) is 6.92. The molecule has 0 radical (unpaired) electrons. The normalized spacial score (nSPS) is 34.1. The van der Waals surface area contributed by atoms with Crippen molar-refractivity contribution in [3.8, 4) is 0 Å². The van der Waals surface area contributed by atoms with Gasteiger partial charge in [0.1, 0.15) is 6.33 Å². The topological polar surface area (TPSA) is 81.1 Å². The third-order valence-electron chi connectivity index (χ3n) is 5.45. The number of amides is 1. The largest absolute Gasteiger partial charge is 0.378 e. The SMILES string of the molecule is O=C(N[C@@H]1CCC[C@@H]2OCC[C@H]21)c1ncn([C@@H]2CCCNC2)n1. The molecule has 0 unspecified atom stereocenters. The predicted molar refractivity (Wildman–Crippen MR) is 84.1 cm³/mol. The van der Waals surface area contributed by atoms with Gasteiger partial charge < -0.3 is 15.4 Å². The van der Waals surface area contributed by atoms with E-state index < -0.39 is 0 Å². The number of fused-ring (bicyclic) bond motifs is 1. The van der Waals surface area contributed by atoms with Crippen LogP contribution in [0.3, 0.4) is 0 Å². The summed E-state index contributed by atoms with van der Waals surface area (Å²) in [5.74, 6) is 0.596. The quantitative estimate of drug-likeness (QED) is 0.865. The van der Waals surface area contributed by atoms with Gasteiger partial charge in [0, 0.05) is 25.1 Å². The fraction of sp³-hybridized carbons (Fsp3) is 0.812. The van der Waals surface area contributed by atoms with Crippen LogP contribution in [-0.2, 0) is 4.74 Å². The fourth-order valence-corrected chi connectivity index (χ4v) is 4.20. The lowest BCUT2D eigenvalue weighted by atomic mass is 9.82. The van der Waals surface area contributed by atoms with Crippen LogP contribution in [0.2, 0.25) is 0 Å². The molecule has 4 atom stereocenters. The van der Waals surface area contributed by atoms with Crippen LogP contribution in [0.5, 0.6) is 0 Å². The van der Waals surface area contributed by atoms with Gasteiger partial charge in [0.05, 0.1) is 12.1 Å². The molecule has 23 heavy (non-hydrogen) atoms. The monoisotopic (exact) mass is 319 g/mol. The zero-order valence-electron chi connectivity index (χ0n) is 13.4. The van der Waals surface area contributed by atoms with E-state index in [-0.39, 0.29) is 17.8 Å². The predicted octanol–water partition coefficient (Wildman–Crippen LogP) is 0.890. The second-order valence-corrected chi connectivity index (χ2v) is 6.92. The number of hydrogen-bond donors (Lipinski definition) is 2. The third-order valence-corrected chi connectivity index (χ3v) is 5.45. The summed E-state index contributed by atoms with van der Waals surface area (Å²) in [5, 5.41) is 10.9. The van der Waals surface area contributed by atoms with Gasteiger partial charge in [-0.25, -0.2) is 9.67 Å². The number of ether oxygens (including phenoxy) is 1. The Bertz CT molecular complexity index is 554. The van der Waals surface area contributed by atoms with Crippen molar-refractivity contribution in [1.82, 2.24) is 25.4 Å². The molecule has 126 valence electrons. The number of carbonyl (C=O) groups excluding carboxylic acids is 1. The molecule has 1 aromatic rings. The van der Waals surface area contributed by atoms with Gasteiger partial charge in [0.25, 0.3) is 5.91 Å². The molecule has 1 aliphatic carbocycles. The average Bonchev–Trinajstić information content (AvgIpc) is 3.25. The van der Waals surface area contributed by atoms with Crippen molar-refractivity contribution in [3.63, 3.8) is 0 Å². The highest BCUT2D eigenvalue weighted by Gasteiger charge is 2.38. The summed E-state index contributed by atoms with van der Waals surface area (Å²) in [6.45, 7) is 2.78. The fourth-order valence-electron chi connectivity index (χ4n) is 4.20. The number of nitrogens with one attached hydrogen (secondary N) is 2. The van der Waals surface area contributed by atoms with Gasteiger partial charge in [-0.3, -0.25) is 4.79 Å². The molecule has 3 heterocycles. The van der Waals surface area contributed by atoms with Crippen molar-refractivity contribution in [3.05, 3.63) is 12.2 Å². The first-order chi connectivity index (χ1) is 11.3. The molecule has 1 aromatic heterocycles. The average molecular weight is 319 g/mol. The van der Waals surface area contributed by atoms with Crippen molar-refractivity contribution >= 4 is 5.91 Å². The summed E-state index contributed by atoms with van der Waals surface area (Å²) in [6.07, 6.45) is 8.55. The lowest BCUT2D eigenvalue weighted by molar-refractivity contribution is 0.0508. The first-order valence-corrected chi connectivity index (χ1v) is 8.85. The number of piperidine rings is 1. The van der Waals surface area contributed by atoms with Crippen LogP contribution < -0.4 is 10.6 Å². The van der Waals surface area contributed by atoms with E-state index in [9.17, 15) is 4.79 Å². The number of aromatic nitrogens is 3. The Balaban J connectivity index is 1.40. The molecule has 3 aliphatic rings. The van der Waals surface area contributed by atoms with Gasteiger partial charge in [-0.15, -0.1) is 5.10 Å². The minimum Gasteiger partial charge on any atom is -0.378 e. The van der Waals surface area contributed by atoms with Crippen molar-refractivity contribution in [2.45, 2.75) is 56.7 Å². The number of hydrogen-bond acceptors (Lipinski definition) is 5. The number of nitrogens with zero attached hydrogens (tertiary/aromatic N) is 3. The molecule has 7 heteroatoms. The van der Waals surface area contributed by atoms with Crippen LogP contribution >= 0.6 is 0 Å². The van der Waals surface area contributed by atoms with Crippen LogP contribution in [0.1, 0.15) is 55.2 Å². The molecule has 2 N–H and O–H groups in total. The maximum atomic E-state index is 12.5. The first-order valence-electron chi connectivity index (χ1n) is 8.85. The molecule has 7 nitrogen and oxygen atoms in total. The summed E-state index contributed by atoms with van der Waals surface area (Å²) in [4.78, 5) is 16.7. The van der Waals surface area contributed by atoms with Gasteiger partial charge in [0.2, 0.25) is 5.82 Å². The maximum absolute atomic E-state index is 12.5. The Kier molecular flexibility index (Phi) is 4.31. The summed E-state index contributed by atoms with van der Waals surface area (Å²) < 4.78 is 7.60. The van der Waals surface area contributed by atoms with E-state index in [0.29, 0.717) is 18.1 Å². The third kappa shape index (κ3) is 3.12. The van der Waals surface area contributed by atoms with Crippen LogP contribution in [0.4, 0.5) is 0 Å². The molecule has 0 aromatic carbocycles. The highest BCUT2D eigenvalue weighted by Crippen LogP contribution is 2.34. The molecule has 3 fully saturated rings.